The van der Waals surface area contributed by atoms with Crippen molar-refractivity contribution in [2.75, 3.05) is 6.61 Å². The molecule has 5 nitrogen and oxygen atoms in total. The van der Waals surface area contributed by atoms with E-state index in [9.17, 15) is 17.6 Å². The van der Waals surface area contributed by atoms with Crippen molar-refractivity contribution < 1.29 is 17.5 Å². The highest BCUT2D eigenvalue weighted by Crippen LogP contribution is 2.22. The Labute approximate surface area is 163 Å². The third-order valence-electron chi connectivity index (χ3n) is 4.50. The van der Waals surface area contributed by atoms with Gasteiger partial charge in [-0.2, -0.15) is 0 Å². The summed E-state index contributed by atoms with van der Waals surface area (Å²) in [6, 6.07) is 9.56. The van der Waals surface area contributed by atoms with E-state index in [0.29, 0.717) is 12.4 Å². The van der Waals surface area contributed by atoms with E-state index in [-0.39, 0.29) is 20.7 Å². The molecule has 0 aliphatic heterocycles. The van der Waals surface area contributed by atoms with Gasteiger partial charge in [0.2, 0.25) is 15.3 Å². The standard InChI is InChI=1S/C21H22FNO4S/c1-2-3-4-5-12-27-16-7-9-17(10-8-16)28(25,26)20-14-23-19-13-15(22)6-11-18(19)21(20)24/h6-11,13-14H,2-5,12H2,1H3,(H,23,24). The minimum atomic E-state index is -4.01. The summed E-state index contributed by atoms with van der Waals surface area (Å²) in [6.07, 6.45) is 5.46. The number of aromatic amines is 1. The van der Waals surface area contributed by atoms with E-state index in [0.717, 1.165) is 44.0 Å². The minimum Gasteiger partial charge on any atom is -0.494 e. The van der Waals surface area contributed by atoms with Crippen molar-refractivity contribution in [3.05, 3.63) is 64.7 Å². The van der Waals surface area contributed by atoms with Crippen LogP contribution in [0.1, 0.15) is 32.6 Å². The van der Waals surface area contributed by atoms with Crippen molar-refractivity contribution in [2.24, 2.45) is 0 Å². The number of halogens is 1. The van der Waals surface area contributed by atoms with Gasteiger partial charge in [-0.05, 0) is 48.9 Å². The molecule has 3 aromatic rings. The van der Waals surface area contributed by atoms with E-state index in [4.69, 9.17) is 4.74 Å². The fraction of sp³-hybridized carbons (Fsp3) is 0.286. The van der Waals surface area contributed by atoms with Crippen LogP contribution in [0.2, 0.25) is 0 Å². The molecular weight excluding hydrogens is 381 g/mol. The summed E-state index contributed by atoms with van der Waals surface area (Å²) >= 11 is 0. The quantitative estimate of drug-likeness (QED) is 0.564. The second-order valence-corrected chi connectivity index (χ2v) is 8.47. The lowest BCUT2D eigenvalue weighted by Crippen LogP contribution is -2.16. The Bertz CT molecular complexity index is 1120. The number of hydrogen-bond acceptors (Lipinski definition) is 4. The number of fused-ring (bicyclic) bond motifs is 1. The van der Waals surface area contributed by atoms with Crippen LogP contribution in [0.15, 0.2) is 63.2 Å². The maximum Gasteiger partial charge on any atom is 0.211 e. The summed E-state index contributed by atoms with van der Waals surface area (Å²) in [4.78, 5) is 14.9. The molecule has 0 amide bonds. The fourth-order valence-electron chi connectivity index (χ4n) is 2.94. The van der Waals surface area contributed by atoms with E-state index < -0.39 is 21.1 Å². The highest BCUT2D eigenvalue weighted by atomic mass is 32.2. The van der Waals surface area contributed by atoms with Crippen LogP contribution < -0.4 is 10.2 Å². The second kappa shape index (κ2) is 8.56. The van der Waals surface area contributed by atoms with Gasteiger partial charge in [0, 0.05) is 11.6 Å². The first-order valence-electron chi connectivity index (χ1n) is 9.22. The molecule has 1 aromatic heterocycles. The Morgan fingerprint density at radius 3 is 2.50 bits per heavy atom. The molecular formula is C21H22FNO4S. The summed E-state index contributed by atoms with van der Waals surface area (Å²) in [5, 5.41) is 0.120. The monoisotopic (exact) mass is 403 g/mol. The number of sulfone groups is 1. The zero-order valence-corrected chi connectivity index (χ0v) is 16.4. The molecule has 1 heterocycles. The first-order chi connectivity index (χ1) is 13.4. The number of H-pyrrole nitrogens is 1. The number of rotatable bonds is 8. The molecule has 148 valence electrons. The first kappa shape index (κ1) is 20.1. The lowest BCUT2D eigenvalue weighted by molar-refractivity contribution is 0.305. The zero-order chi connectivity index (χ0) is 20.1. The molecule has 0 aliphatic carbocycles. The van der Waals surface area contributed by atoms with Gasteiger partial charge < -0.3 is 9.72 Å². The van der Waals surface area contributed by atoms with Gasteiger partial charge in [-0.3, -0.25) is 4.79 Å². The summed E-state index contributed by atoms with van der Waals surface area (Å²) in [7, 11) is -4.01. The smallest absolute Gasteiger partial charge is 0.211 e. The Balaban J connectivity index is 1.83. The van der Waals surface area contributed by atoms with Crippen LogP contribution >= 0.6 is 0 Å². The molecule has 0 saturated carbocycles. The van der Waals surface area contributed by atoms with Gasteiger partial charge >= 0.3 is 0 Å². The maximum atomic E-state index is 13.3. The number of nitrogens with one attached hydrogen (secondary N) is 1. The van der Waals surface area contributed by atoms with E-state index in [1.165, 1.54) is 18.2 Å². The van der Waals surface area contributed by atoms with Gasteiger partial charge in [0.15, 0.2) is 0 Å². The van der Waals surface area contributed by atoms with E-state index in [1.54, 1.807) is 12.1 Å². The third-order valence-corrected chi connectivity index (χ3v) is 6.27. The van der Waals surface area contributed by atoms with Crippen molar-refractivity contribution in [3.8, 4) is 5.75 Å². The molecule has 7 heteroatoms. The van der Waals surface area contributed by atoms with Crippen molar-refractivity contribution in [1.29, 1.82) is 0 Å². The van der Waals surface area contributed by atoms with Gasteiger partial charge in [-0.1, -0.05) is 26.2 Å². The summed E-state index contributed by atoms with van der Waals surface area (Å²) < 4.78 is 44.7. The van der Waals surface area contributed by atoms with Gasteiger partial charge in [0.25, 0.3) is 0 Å². The largest absolute Gasteiger partial charge is 0.494 e. The first-order valence-corrected chi connectivity index (χ1v) is 10.7. The fourth-order valence-corrected chi connectivity index (χ4v) is 4.25. The summed E-state index contributed by atoms with van der Waals surface area (Å²) in [5.41, 5.74) is -0.416. The molecule has 0 radical (unpaired) electrons. The molecule has 0 fully saturated rings. The van der Waals surface area contributed by atoms with Crippen LogP contribution in [-0.4, -0.2) is 20.0 Å². The predicted molar refractivity (Wildman–Crippen MR) is 106 cm³/mol. The predicted octanol–water partition coefficient (Wildman–Crippen LogP) is 4.46. The number of ether oxygens (including phenoxy) is 1. The summed E-state index contributed by atoms with van der Waals surface area (Å²) in [6.45, 7) is 2.71. The normalized spacial score (nSPS) is 11.6. The number of benzene rings is 2. The average molecular weight is 403 g/mol. The Hall–Kier alpha value is -2.67. The highest BCUT2D eigenvalue weighted by molar-refractivity contribution is 7.91. The summed E-state index contributed by atoms with van der Waals surface area (Å²) in [5.74, 6) is 0.0717. The number of unbranched alkanes of at least 4 members (excludes halogenated alkanes) is 3. The Kier molecular flexibility index (Phi) is 6.14. The Morgan fingerprint density at radius 1 is 1.04 bits per heavy atom. The molecule has 28 heavy (non-hydrogen) atoms. The highest BCUT2D eigenvalue weighted by Gasteiger charge is 2.22. The average Bonchev–Trinajstić information content (AvgIpc) is 2.68. The van der Waals surface area contributed by atoms with Crippen LogP contribution in [-0.2, 0) is 9.84 Å². The number of hydrogen-bond donors (Lipinski definition) is 1. The topological polar surface area (TPSA) is 76.2 Å². The minimum absolute atomic E-state index is 0.00204. The van der Waals surface area contributed by atoms with Gasteiger partial charge in [-0.25, -0.2) is 12.8 Å². The van der Waals surface area contributed by atoms with Gasteiger partial charge in [0.1, 0.15) is 16.5 Å². The zero-order valence-electron chi connectivity index (χ0n) is 15.6. The second-order valence-electron chi connectivity index (χ2n) is 6.56. The molecule has 1 N–H and O–H groups in total. The van der Waals surface area contributed by atoms with E-state index >= 15 is 0 Å². The maximum absolute atomic E-state index is 13.3. The lowest BCUT2D eigenvalue weighted by Gasteiger charge is -2.08. The van der Waals surface area contributed by atoms with Crippen LogP contribution in [0, 0.1) is 5.82 Å². The third kappa shape index (κ3) is 4.25. The van der Waals surface area contributed by atoms with Crippen LogP contribution in [0.3, 0.4) is 0 Å². The van der Waals surface area contributed by atoms with Crippen molar-refractivity contribution >= 4 is 20.7 Å². The Morgan fingerprint density at radius 2 is 1.79 bits per heavy atom. The molecule has 2 aromatic carbocycles. The van der Waals surface area contributed by atoms with Gasteiger partial charge in [-0.15, -0.1) is 0 Å². The SMILES string of the molecule is CCCCCCOc1ccc(S(=O)(=O)c2c[nH]c3cc(F)ccc3c2=O)cc1. The lowest BCUT2D eigenvalue weighted by atomic mass is 10.2. The van der Waals surface area contributed by atoms with Crippen LogP contribution in [0.4, 0.5) is 4.39 Å². The van der Waals surface area contributed by atoms with Crippen molar-refractivity contribution in [1.82, 2.24) is 4.98 Å². The molecule has 0 saturated heterocycles. The van der Waals surface area contributed by atoms with Crippen molar-refractivity contribution in [3.63, 3.8) is 0 Å². The van der Waals surface area contributed by atoms with Crippen LogP contribution in [0.5, 0.6) is 5.75 Å². The number of aromatic nitrogens is 1. The van der Waals surface area contributed by atoms with Crippen molar-refractivity contribution in [2.45, 2.75) is 42.4 Å². The van der Waals surface area contributed by atoms with Crippen LogP contribution in [0.25, 0.3) is 10.9 Å². The van der Waals surface area contributed by atoms with E-state index in [1.807, 2.05) is 0 Å². The molecule has 0 aliphatic rings. The van der Waals surface area contributed by atoms with E-state index in [2.05, 4.69) is 11.9 Å². The molecule has 0 atom stereocenters. The molecule has 3 rings (SSSR count). The van der Waals surface area contributed by atoms with Gasteiger partial charge in [0.05, 0.1) is 17.0 Å². The number of pyridine rings is 1. The molecule has 0 spiro atoms. The molecule has 0 unspecified atom stereocenters. The molecule has 0 bridgehead atoms.